The van der Waals surface area contributed by atoms with E-state index in [0.29, 0.717) is 46.7 Å². The second-order valence-corrected chi connectivity index (χ2v) is 7.32. The van der Waals surface area contributed by atoms with Gasteiger partial charge in [0.05, 0.1) is 17.9 Å². The fraction of sp³-hybridized carbons (Fsp3) is 0.240. The molecular weight excluding hydrogens is 442 g/mol. The van der Waals surface area contributed by atoms with E-state index in [1.165, 1.54) is 18.2 Å². The third-order valence-electron chi connectivity index (χ3n) is 4.92. The number of hydrogen-bond donors (Lipinski definition) is 1. The molecular formula is C25H26F2N4O3. The van der Waals surface area contributed by atoms with Crippen molar-refractivity contribution in [2.24, 2.45) is 0 Å². The van der Waals surface area contributed by atoms with Gasteiger partial charge >= 0.3 is 0 Å². The highest BCUT2D eigenvalue weighted by Gasteiger charge is 2.20. The predicted molar refractivity (Wildman–Crippen MR) is 125 cm³/mol. The Hall–Kier alpha value is -4.01. The topological polar surface area (TPSA) is 77.8 Å². The number of amides is 1. The van der Waals surface area contributed by atoms with Crippen molar-refractivity contribution in [2.75, 3.05) is 11.9 Å². The van der Waals surface area contributed by atoms with Gasteiger partial charge in [0.2, 0.25) is 5.88 Å². The van der Waals surface area contributed by atoms with E-state index < -0.39 is 11.6 Å². The molecule has 0 saturated heterocycles. The Balaban J connectivity index is 0.00000324. The average Bonchev–Trinajstić information content (AvgIpc) is 3.10. The van der Waals surface area contributed by atoms with E-state index in [-0.39, 0.29) is 25.5 Å². The van der Waals surface area contributed by atoms with Crippen LogP contribution in [0.4, 0.5) is 14.5 Å². The van der Waals surface area contributed by atoms with E-state index in [9.17, 15) is 13.6 Å². The standard InChI is InChI=1S/C24H22F2N4O3.CH4/c1-4-32-21-12-16(11-14(2)27-21)29-24(31)22-15(3)28-23-20(9-6-10-30(22)23)33-13-17-18(25)7-5-8-19(17)26;/h5-12H,4,13H2,1-3H3,(H,27,29,31);1H4. The summed E-state index contributed by atoms with van der Waals surface area (Å²) in [7, 11) is 0. The number of pyridine rings is 2. The lowest BCUT2D eigenvalue weighted by Gasteiger charge is -2.11. The molecule has 178 valence electrons. The second kappa shape index (κ2) is 10.3. The van der Waals surface area contributed by atoms with Crippen molar-refractivity contribution >= 4 is 17.2 Å². The van der Waals surface area contributed by atoms with Crippen LogP contribution in [0.2, 0.25) is 0 Å². The van der Waals surface area contributed by atoms with E-state index in [2.05, 4.69) is 15.3 Å². The first-order valence-corrected chi connectivity index (χ1v) is 10.3. The highest BCUT2D eigenvalue weighted by molar-refractivity contribution is 6.04. The summed E-state index contributed by atoms with van der Waals surface area (Å²) < 4.78 is 40.6. The lowest BCUT2D eigenvalue weighted by Crippen LogP contribution is -2.16. The van der Waals surface area contributed by atoms with Gasteiger partial charge in [-0.2, -0.15) is 0 Å². The van der Waals surface area contributed by atoms with Gasteiger partial charge < -0.3 is 14.8 Å². The van der Waals surface area contributed by atoms with Crippen LogP contribution in [0.5, 0.6) is 11.6 Å². The van der Waals surface area contributed by atoms with Crippen LogP contribution in [0.1, 0.15) is 41.8 Å². The van der Waals surface area contributed by atoms with Crippen molar-refractivity contribution in [3.05, 3.63) is 82.9 Å². The molecule has 0 atom stereocenters. The molecule has 4 rings (SSSR count). The number of ether oxygens (including phenoxy) is 2. The molecule has 3 heterocycles. The van der Waals surface area contributed by atoms with Gasteiger partial charge in [-0.25, -0.2) is 18.7 Å². The number of rotatable bonds is 7. The fourth-order valence-electron chi connectivity index (χ4n) is 3.48. The summed E-state index contributed by atoms with van der Waals surface area (Å²) >= 11 is 0. The van der Waals surface area contributed by atoms with Crippen molar-refractivity contribution in [1.29, 1.82) is 0 Å². The zero-order chi connectivity index (χ0) is 23.5. The first kappa shape index (κ1) is 24.6. The molecule has 0 radical (unpaired) electrons. The molecule has 0 unspecified atom stereocenters. The van der Waals surface area contributed by atoms with Crippen LogP contribution in [0.25, 0.3) is 5.65 Å². The van der Waals surface area contributed by atoms with Crippen LogP contribution >= 0.6 is 0 Å². The number of nitrogens with one attached hydrogen (secondary N) is 1. The normalized spacial score (nSPS) is 10.6. The first-order chi connectivity index (χ1) is 15.9. The summed E-state index contributed by atoms with van der Waals surface area (Å²) in [4.78, 5) is 21.8. The summed E-state index contributed by atoms with van der Waals surface area (Å²) in [5.41, 5.74) is 2.18. The summed E-state index contributed by atoms with van der Waals surface area (Å²) in [6.45, 7) is 5.49. The lowest BCUT2D eigenvalue weighted by atomic mass is 10.2. The number of hydrogen-bond acceptors (Lipinski definition) is 5. The van der Waals surface area contributed by atoms with Crippen molar-refractivity contribution in [2.45, 2.75) is 34.8 Å². The number of anilines is 1. The molecule has 0 aliphatic rings. The average molecular weight is 469 g/mol. The van der Waals surface area contributed by atoms with Gasteiger partial charge in [0.25, 0.3) is 5.91 Å². The minimum absolute atomic E-state index is 0. The molecule has 34 heavy (non-hydrogen) atoms. The van der Waals surface area contributed by atoms with Gasteiger partial charge in [0, 0.05) is 23.6 Å². The number of aryl methyl sites for hydroxylation is 2. The molecule has 0 bridgehead atoms. The maximum atomic E-state index is 13.9. The van der Waals surface area contributed by atoms with Gasteiger partial charge in [-0.05, 0) is 51.1 Å². The van der Waals surface area contributed by atoms with Crippen LogP contribution in [0.15, 0.2) is 48.7 Å². The summed E-state index contributed by atoms with van der Waals surface area (Å²) in [5, 5.41) is 2.85. The Bertz CT molecular complexity index is 1320. The maximum Gasteiger partial charge on any atom is 0.274 e. The molecule has 4 aromatic rings. The van der Waals surface area contributed by atoms with Crippen molar-refractivity contribution in [1.82, 2.24) is 14.4 Å². The number of carbonyl (C=O) groups is 1. The number of imidazole rings is 1. The molecule has 0 fully saturated rings. The van der Waals surface area contributed by atoms with Crippen molar-refractivity contribution in [3.8, 4) is 11.6 Å². The van der Waals surface area contributed by atoms with E-state index >= 15 is 0 Å². The Morgan fingerprint density at radius 3 is 2.50 bits per heavy atom. The Labute approximate surface area is 196 Å². The van der Waals surface area contributed by atoms with E-state index in [4.69, 9.17) is 9.47 Å². The van der Waals surface area contributed by atoms with Crippen molar-refractivity contribution in [3.63, 3.8) is 0 Å². The van der Waals surface area contributed by atoms with Gasteiger partial charge in [0.15, 0.2) is 11.4 Å². The molecule has 3 aromatic heterocycles. The van der Waals surface area contributed by atoms with E-state index in [1.807, 2.05) is 6.92 Å². The van der Waals surface area contributed by atoms with Crippen LogP contribution < -0.4 is 14.8 Å². The van der Waals surface area contributed by atoms with Crippen LogP contribution in [-0.2, 0) is 6.61 Å². The molecule has 0 aliphatic carbocycles. The number of fused-ring (bicyclic) bond motifs is 1. The Morgan fingerprint density at radius 1 is 1.06 bits per heavy atom. The number of nitrogens with zero attached hydrogens (tertiary/aromatic N) is 3. The molecule has 1 amide bonds. The highest BCUT2D eigenvalue weighted by Crippen LogP contribution is 2.25. The minimum atomic E-state index is -0.694. The van der Waals surface area contributed by atoms with Crippen LogP contribution in [0, 0.1) is 25.5 Å². The smallest absolute Gasteiger partial charge is 0.274 e. The fourth-order valence-corrected chi connectivity index (χ4v) is 3.48. The number of carbonyl (C=O) groups excluding carboxylic acids is 1. The Morgan fingerprint density at radius 2 is 1.79 bits per heavy atom. The van der Waals surface area contributed by atoms with Gasteiger partial charge in [-0.3, -0.25) is 9.20 Å². The molecule has 7 nitrogen and oxygen atoms in total. The monoisotopic (exact) mass is 468 g/mol. The van der Waals surface area contributed by atoms with E-state index in [0.717, 1.165) is 0 Å². The summed E-state index contributed by atoms with van der Waals surface area (Å²) in [5.74, 6) is -1.06. The largest absolute Gasteiger partial charge is 0.485 e. The SMILES string of the molecule is C.CCOc1cc(NC(=O)c2c(C)nc3c(OCc4c(F)cccc4F)cccn23)cc(C)n1. The lowest BCUT2D eigenvalue weighted by molar-refractivity contribution is 0.102. The zero-order valence-electron chi connectivity index (χ0n) is 18.4. The first-order valence-electron chi connectivity index (χ1n) is 10.3. The maximum absolute atomic E-state index is 13.9. The Kier molecular flexibility index (Phi) is 7.45. The molecule has 9 heteroatoms. The third-order valence-corrected chi connectivity index (χ3v) is 4.92. The van der Waals surface area contributed by atoms with Gasteiger partial charge in [-0.1, -0.05) is 13.5 Å². The summed E-state index contributed by atoms with van der Waals surface area (Å²) in [6.07, 6.45) is 1.67. The third kappa shape index (κ3) is 4.98. The number of benzene rings is 1. The van der Waals surface area contributed by atoms with Crippen LogP contribution in [0.3, 0.4) is 0 Å². The predicted octanol–water partition coefficient (Wildman–Crippen LogP) is 5.49. The van der Waals surface area contributed by atoms with Gasteiger partial charge in [-0.15, -0.1) is 0 Å². The molecule has 0 saturated carbocycles. The molecule has 1 aromatic carbocycles. The van der Waals surface area contributed by atoms with E-state index in [1.54, 1.807) is 48.7 Å². The molecule has 0 aliphatic heterocycles. The second-order valence-electron chi connectivity index (χ2n) is 7.32. The van der Waals surface area contributed by atoms with Crippen LogP contribution in [-0.4, -0.2) is 26.9 Å². The van der Waals surface area contributed by atoms with Crippen molar-refractivity contribution < 1.29 is 23.0 Å². The number of aromatic nitrogens is 3. The summed E-state index contributed by atoms with van der Waals surface area (Å²) in [6, 6.07) is 10.3. The quantitative estimate of drug-likeness (QED) is 0.388. The highest BCUT2D eigenvalue weighted by atomic mass is 19.1. The number of halogens is 2. The minimum Gasteiger partial charge on any atom is -0.485 e. The zero-order valence-corrected chi connectivity index (χ0v) is 18.4. The van der Waals surface area contributed by atoms with Gasteiger partial charge in [0.1, 0.15) is 23.9 Å². The molecule has 0 spiro atoms. The molecule has 1 N–H and O–H groups in total.